The average molecular weight is 1910 g/mol. The number of hydrogen-bond acceptors (Lipinski definition) is 24. The number of piperidine rings is 3. The van der Waals surface area contributed by atoms with Gasteiger partial charge in [0.25, 0.3) is 0 Å². The Morgan fingerprint density at radius 2 is 0.832 bits per heavy atom. The van der Waals surface area contributed by atoms with Gasteiger partial charge in [-0.2, -0.15) is 37.8 Å². The second kappa shape index (κ2) is 45.5. The number of esters is 1. The fourth-order valence-corrected chi connectivity index (χ4v) is 21.7. The van der Waals surface area contributed by atoms with E-state index in [0.717, 1.165) is 172 Å². The van der Waals surface area contributed by atoms with Crippen LogP contribution in [0.4, 0.5) is 16.4 Å². The highest BCUT2D eigenvalue weighted by atomic mass is 79.9. The van der Waals surface area contributed by atoms with Crippen LogP contribution >= 0.6 is 15.9 Å². The number of aromatic nitrogens is 6. The minimum Gasteiger partial charge on any atom is -0.494 e. The lowest BCUT2D eigenvalue weighted by Gasteiger charge is -2.32. The molecule has 34 heteroatoms. The van der Waals surface area contributed by atoms with Gasteiger partial charge in [0.1, 0.15) is 37.0 Å². The van der Waals surface area contributed by atoms with E-state index < -0.39 is 36.2 Å². The topological polar surface area (TPSA) is 339 Å². The summed E-state index contributed by atoms with van der Waals surface area (Å²) >= 11 is 3.33. The molecule has 700 valence electrons. The summed E-state index contributed by atoms with van der Waals surface area (Å²) in [4.78, 5) is 34.5. The van der Waals surface area contributed by atoms with Crippen LogP contribution in [-0.4, -0.2) is 227 Å². The molecule has 0 saturated carbocycles. The quantitative estimate of drug-likeness (QED) is 0.0225. The number of carbonyl (C=O) groups is 2. The Kier molecular flexibility index (Phi) is 33.1. The van der Waals surface area contributed by atoms with Gasteiger partial charge < -0.3 is 49.4 Å². The van der Waals surface area contributed by atoms with Crippen LogP contribution in [0.25, 0.3) is 22.3 Å². The number of alkyl carbamates (subject to hydrolysis) is 1. The zero-order chi connectivity index (χ0) is 91.3. The van der Waals surface area contributed by atoms with E-state index in [1.54, 1.807) is 15.8 Å². The average Bonchev–Trinajstić information content (AvgIpc) is 1.61. The van der Waals surface area contributed by atoms with Gasteiger partial charge in [0.2, 0.25) is 30.1 Å². The van der Waals surface area contributed by atoms with Gasteiger partial charge >= 0.3 is 12.1 Å². The summed E-state index contributed by atoms with van der Waals surface area (Å²) in [6.07, 6.45) is 24.0. The molecule has 9 aromatic rings. The van der Waals surface area contributed by atoms with E-state index in [1.165, 1.54) is 131 Å². The van der Waals surface area contributed by atoms with Gasteiger partial charge in [0.05, 0.1) is 64.1 Å². The summed E-state index contributed by atoms with van der Waals surface area (Å²) in [7, 11) is -9.45. The van der Waals surface area contributed by atoms with Crippen LogP contribution in [0.3, 0.4) is 0 Å². The first-order valence-electron chi connectivity index (χ1n) is 46.3. The van der Waals surface area contributed by atoms with Crippen molar-refractivity contribution in [3.63, 3.8) is 0 Å². The van der Waals surface area contributed by atoms with E-state index in [0.29, 0.717) is 111 Å². The standard InChI is InChI=1S/C37H44N6O5S.C22H34N6O3S.C20H29N5O3S.C18H17BrO2/c1-49(45,46)42-20-16-28-23-30(13-12-29(28)25-42)47-22-6-7-27-14-18-41(19-15-27)36-24-39-43(40-36)21-17-38-37(44)48-26-35-33-10-4-2-8-31(33)32-9-3-5-11-34(32)35;1-32(29,30)27-12-8-19-15-21(5-4-20(19)17-27)31-14-2-3-18-6-10-26(11-7-18)22-16-24-28(25-22)13-9-23;1-29(26,27)25-11-8-17-13-19(5-4-18(17)15-25)28-12-2-3-16-6-9-24(10-7-16)20-14-21-23-22-20;19-11-5-10-18(20)21-12-17-15-8-3-1-6-13(15)14-7-2-4-9-16(14)17/h2-5,8-13,23-24,27,35H,6-7,14-22,25-26H2,1H3,(H,38,44);4-5,15-16,18H,2-3,6-14,17,23H2,1H3;4-5,13,16H,2-3,6-12,14-15H2,1H3;1-4,6-9,17H,5,10-12H2. The van der Waals surface area contributed by atoms with Crippen LogP contribution in [0.15, 0.2) is 179 Å². The maximum absolute atomic E-state index is 12.5. The lowest BCUT2D eigenvalue weighted by molar-refractivity contribution is -0.143. The first-order chi connectivity index (χ1) is 63.5. The number of nitrogens with one attached hydrogen (secondary N) is 1. The lowest BCUT2D eigenvalue weighted by Crippen LogP contribution is -2.39. The molecule has 18 rings (SSSR count). The molecule has 9 aliphatic rings. The normalized spacial score (nSPS) is 17.2. The summed E-state index contributed by atoms with van der Waals surface area (Å²) in [5, 5.41) is 33.3. The second-order valence-electron chi connectivity index (χ2n) is 35.3. The van der Waals surface area contributed by atoms with Crippen molar-refractivity contribution >= 4 is 75.5 Å². The van der Waals surface area contributed by atoms with Crippen LogP contribution < -0.4 is 35.1 Å². The van der Waals surface area contributed by atoms with Crippen LogP contribution in [0.2, 0.25) is 0 Å². The van der Waals surface area contributed by atoms with Gasteiger partial charge in [-0.15, -0.1) is 15.3 Å². The van der Waals surface area contributed by atoms with Gasteiger partial charge in [0.15, 0.2) is 17.5 Å². The Balaban J connectivity index is 0.000000140. The van der Waals surface area contributed by atoms with E-state index in [4.69, 9.17) is 29.4 Å². The Hall–Kier alpha value is -10.2. The van der Waals surface area contributed by atoms with E-state index >= 15 is 0 Å². The van der Waals surface area contributed by atoms with Crippen molar-refractivity contribution in [2.75, 3.05) is 145 Å². The van der Waals surface area contributed by atoms with Crippen LogP contribution in [0.1, 0.15) is 157 Å². The van der Waals surface area contributed by atoms with Crippen molar-refractivity contribution in [1.29, 1.82) is 0 Å². The van der Waals surface area contributed by atoms with Crippen LogP contribution in [0.5, 0.6) is 17.2 Å². The van der Waals surface area contributed by atoms with Crippen molar-refractivity contribution in [3.05, 3.63) is 220 Å². The van der Waals surface area contributed by atoms with E-state index in [1.807, 2.05) is 79.0 Å². The number of amides is 1. The van der Waals surface area contributed by atoms with Crippen molar-refractivity contribution in [3.8, 4) is 39.5 Å². The number of rotatable bonds is 32. The fourth-order valence-electron chi connectivity index (χ4n) is 19.1. The summed E-state index contributed by atoms with van der Waals surface area (Å²) in [5.74, 6) is 7.66. The lowest BCUT2D eigenvalue weighted by atomic mass is 9.92. The Labute approximate surface area is 779 Å². The SMILES string of the molecule is CS(=O)(=O)N1CCc2cc(OCCCC3CCN(C4=NN=NC4)CC3)ccc2C1.CS(=O)(=O)N1CCc2cc(OCCCC3CCN(c4cnn(CCN)n4)CC3)ccc2C1.CS(=O)(=O)N1CCc2cc(OCCCC3CCN(c4cnn(CCNC(=O)OCC5c6ccccc6-c6ccccc65)n4)CC3)ccc2C1.O=C(CCCBr)OCC1c2ccccc2-c2ccccc21. The zero-order valence-electron chi connectivity index (χ0n) is 75.5. The van der Waals surface area contributed by atoms with Crippen molar-refractivity contribution < 1.29 is 58.5 Å². The number of benzene rings is 7. The minimum atomic E-state index is -3.17. The smallest absolute Gasteiger partial charge is 0.407 e. The maximum atomic E-state index is 12.5. The number of hydrogen-bond donors (Lipinski definition) is 2. The first kappa shape index (κ1) is 95.4. The predicted molar refractivity (Wildman–Crippen MR) is 512 cm³/mol. The molecule has 3 fully saturated rings. The molecule has 0 atom stereocenters. The van der Waals surface area contributed by atoms with Crippen LogP contribution in [-0.2, 0) is 96.3 Å². The van der Waals surface area contributed by atoms with E-state index in [2.05, 4.69) is 151 Å². The van der Waals surface area contributed by atoms with Gasteiger partial charge in [-0.3, -0.25) is 4.79 Å². The molecular weight excluding hydrogens is 1790 g/mol. The Bertz CT molecular complexity index is 5690. The third kappa shape index (κ3) is 26.0. The number of amidine groups is 1. The minimum absolute atomic E-state index is 0.0334. The molecule has 0 bridgehead atoms. The van der Waals surface area contributed by atoms with Crippen molar-refractivity contribution in [1.82, 2.24) is 53.1 Å². The van der Waals surface area contributed by atoms with Crippen molar-refractivity contribution in [2.45, 2.75) is 154 Å². The van der Waals surface area contributed by atoms with Crippen LogP contribution in [0, 0.1) is 17.8 Å². The molecule has 0 spiro atoms. The maximum Gasteiger partial charge on any atom is 0.407 e. The Morgan fingerprint density at radius 1 is 0.458 bits per heavy atom. The molecule has 0 unspecified atom stereocenters. The molecular formula is C97H124BrN17O13S3. The highest BCUT2D eigenvalue weighted by Crippen LogP contribution is 2.47. The summed E-state index contributed by atoms with van der Waals surface area (Å²) in [6.45, 7) is 14.4. The number of nitrogens with two attached hydrogens (primary N) is 1. The monoisotopic (exact) mass is 1910 g/mol. The van der Waals surface area contributed by atoms with Gasteiger partial charge in [-0.1, -0.05) is 131 Å². The molecule has 30 nitrogen and oxygen atoms in total. The fraction of sp³-hybridized carbons (Fsp3) is 0.495. The van der Waals surface area contributed by atoms with E-state index in [-0.39, 0.29) is 24.4 Å². The number of anilines is 2. The largest absolute Gasteiger partial charge is 0.494 e. The third-order valence-corrected chi connectivity index (χ3v) is 30.7. The van der Waals surface area contributed by atoms with E-state index in [9.17, 15) is 34.8 Å². The molecule has 1 amide bonds. The summed E-state index contributed by atoms with van der Waals surface area (Å²) in [5.41, 5.74) is 22.2. The number of alkyl halides is 1. The summed E-state index contributed by atoms with van der Waals surface area (Å²) < 4.78 is 105. The molecule has 2 aliphatic carbocycles. The van der Waals surface area contributed by atoms with Gasteiger partial charge in [0, 0.05) is 115 Å². The Morgan fingerprint density at radius 3 is 1.20 bits per heavy atom. The highest BCUT2D eigenvalue weighted by molar-refractivity contribution is 9.09. The first-order valence-corrected chi connectivity index (χ1v) is 53.0. The molecule has 7 aliphatic heterocycles. The molecule has 3 N–H and O–H groups in total. The number of nitrogens with zero attached hydrogens (tertiary/aromatic N) is 15. The molecule has 131 heavy (non-hydrogen) atoms. The number of sulfonamides is 3. The van der Waals surface area contributed by atoms with Gasteiger partial charge in [-0.25, -0.2) is 30.0 Å². The number of carbonyl (C=O) groups excluding carboxylic acids is 2. The molecule has 2 aromatic heterocycles. The number of likely N-dealkylation sites (tertiary alicyclic amines) is 1. The second-order valence-corrected chi connectivity index (χ2v) is 42.1. The number of halogens is 1. The van der Waals surface area contributed by atoms with Crippen molar-refractivity contribution in [2.24, 2.45) is 38.9 Å². The molecule has 9 heterocycles. The van der Waals surface area contributed by atoms with Gasteiger partial charge in [-0.05, 0) is 240 Å². The third-order valence-electron chi connectivity index (χ3n) is 26.4. The number of fused-ring (bicyclic) bond motifs is 9. The molecule has 0 radical (unpaired) electrons. The summed E-state index contributed by atoms with van der Waals surface area (Å²) in [6, 6.07) is 51.4. The predicted octanol–water partition coefficient (Wildman–Crippen LogP) is 14.0. The number of ether oxygens (including phenoxy) is 5. The molecule has 3 saturated heterocycles. The zero-order valence-corrected chi connectivity index (χ0v) is 79.5. The highest BCUT2D eigenvalue weighted by Gasteiger charge is 2.34. The molecule has 7 aromatic carbocycles.